The van der Waals surface area contributed by atoms with Gasteiger partial charge in [0.25, 0.3) is 5.91 Å². The molecule has 1 saturated heterocycles. The Morgan fingerprint density at radius 3 is 2.79 bits per heavy atom. The van der Waals surface area contributed by atoms with E-state index < -0.39 is 5.54 Å². The standard InChI is InChI=1S/C17H19N3O3S/c1-19-16(22)20(15(21)17(19)7-3-2-4-8-17)10-12-11-23-14(18-12)13-6-5-9-24-13/h5-6,9,11H,2-4,7-8,10H2,1H3. The fraction of sp³-hybridized carbons (Fsp3) is 0.471. The summed E-state index contributed by atoms with van der Waals surface area (Å²) in [6, 6.07) is 3.62. The molecular formula is C17H19N3O3S. The lowest BCUT2D eigenvalue weighted by Gasteiger charge is -2.35. The molecule has 6 nitrogen and oxygen atoms in total. The number of imide groups is 1. The first-order valence-electron chi connectivity index (χ1n) is 8.20. The lowest BCUT2D eigenvalue weighted by molar-refractivity contribution is -0.134. The number of hydrogen-bond donors (Lipinski definition) is 0. The van der Waals surface area contributed by atoms with Crippen LogP contribution in [0.1, 0.15) is 37.8 Å². The van der Waals surface area contributed by atoms with Crippen LogP contribution in [0.25, 0.3) is 10.8 Å². The highest BCUT2D eigenvalue weighted by molar-refractivity contribution is 7.13. The van der Waals surface area contributed by atoms with Crippen molar-refractivity contribution in [3.8, 4) is 10.8 Å². The predicted octanol–water partition coefficient (Wildman–Crippen LogP) is 3.50. The Morgan fingerprint density at radius 2 is 2.08 bits per heavy atom. The minimum atomic E-state index is -0.643. The molecule has 24 heavy (non-hydrogen) atoms. The summed E-state index contributed by atoms with van der Waals surface area (Å²) in [5.74, 6) is 0.440. The molecule has 0 unspecified atom stereocenters. The molecule has 4 rings (SSSR count). The van der Waals surface area contributed by atoms with Crippen molar-refractivity contribution in [1.29, 1.82) is 0 Å². The number of likely N-dealkylation sites (N-methyl/N-ethyl adjacent to an activating group) is 1. The van der Waals surface area contributed by atoms with Gasteiger partial charge in [-0.15, -0.1) is 11.3 Å². The van der Waals surface area contributed by atoms with E-state index in [0.29, 0.717) is 11.6 Å². The smallest absolute Gasteiger partial charge is 0.327 e. The van der Waals surface area contributed by atoms with E-state index in [1.165, 1.54) is 22.5 Å². The molecule has 126 valence electrons. The number of urea groups is 1. The maximum atomic E-state index is 13.0. The van der Waals surface area contributed by atoms with E-state index in [4.69, 9.17) is 4.42 Å². The van der Waals surface area contributed by atoms with Crippen LogP contribution >= 0.6 is 11.3 Å². The lowest BCUT2D eigenvalue weighted by Crippen LogP contribution is -2.49. The Kier molecular flexibility index (Phi) is 3.68. The van der Waals surface area contributed by atoms with E-state index in [1.807, 2.05) is 17.5 Å². The van der Waals surface area contributed by atoms with Gasteiger partial charge >= 0.3 is 6.03 Å². The SMILES string of the molecule is CN1C(=O)N(Cc2coc(-c3cccs3)n2)C(=O)C12CCCCC2. The molecule has 0 N–H and O–H groups in total. The molecule has 2 fully saturated rings. The number of thiophene rings is 1. The third-order valence-corrected chi connectivity index (χ3v) is 5.95. The van der Waals surface area contributed by atoms with E-state index in [0.717, 1.165) is 37.0 Å². The summed E-state index contributed by atoms with van der Waals surface area (Å²) < 4.78 is 5.49. The van der Waals surface area contributed by atoms with Crippen LogP contribution in [0.15, 0.2) is 28.2 Å². The number of aromatic nitrogens is 1. The largest absolute Gasteiger partial charge is 0.443 e. The van der Waals surface area contributed by atoms with Crippen LogP contribution < -0.4 is 0 Å². The number of carbonyl (C=O) groups excluding carboxylic acids is 2. The van der Waals surface area contributed by atoms with Crippen LogP contribution in [0, 0.1) is 0 Å². The molecule has 0 bridgehead atoms. The van der Waals surface area contributed by atoms with Gasteiger partial charge in [-0.2, -0.15) is 0 Å². The van der Waals surface area contributed by atoms with Crippen molar-refractivity contribution < 1.29 is 14.0 Å². The number of hydrogen-bond acceptors (Lipinski definition) is 5. The summed E-state index contributed by atoms with van der Waals surface area (Å²) in [6.07, 6.45) is 6.15. The van der Waals surface area contributed by atoms with Crippen LogP contribution in [0.3, 0.4) is 0 Å². The van der Waals surface area contributed by atoms with Crippen molar-refractivity contribution in [3.05, 3.63) is 29.5 Å². The zero-order chi connectivity index (χ0) is 16.7. The van der Waals surface area contributed by atoms with Crippen molar-refractivity contribution in [2.75, 3.05) is 7.05 Å². The van der Waals surface area contributed by atoms with Crippen molar-refractivity contribution >= 4 is 23.3 Å². The first kappa shape index (κ1) is 15.4. The fourth-order valence-corrected chi connectivity index (χ4v) is 4.38. The number of carbonyl (C=O) groups is 2. The molecule has 0 atom stereocenters. The average molecular weight is 345 g/mol. The first-order valence-corrected chi connectivity index (χ1v) is 9.08. The van der Waals surface area contributed by atoms with Gasteiger partial charge in [0.1, 0.15) is 11.8 Å². The zero-order valence-electron chi connectivity index (χ0n) is 13.5. The van der Waals surface area contributed by atoms with Gasteiger partial charge in [0, 0.05) is 7.05 Å². The molecule has 3 heterocycles. The van der Waals surface area contributed by atoms with Crippen LogP contribution in [-0.4, -0.2) is 39.3 Å². The number of nitrogens with zero attached hydrogens (tertiary/aromatic N) is 3. The van der Waals surface area contributed by atoms with E-state index >= 15 is 0 Å². The Labute approximate surface area is 144 Å². The zero-order valence-corrected chi connectivity index (χ0v) is 14.3. The minimum Gasteiger partial charge on any atom is -0.443 e. The molecule has 2 aliphatic rings. The lowest BCUT2D eigenvalue weighted by atomic mass is 9.81. The normalized spacial score (nSPS) is 20.4. The van der Waals surface area contributed by atoms with E-state index in [-0.39, 0.29) is 18.5 Å². The highest BCUT2D eigenvalue weighted by Gasteiger charge is 2.55. The summed E-state index contributed by atoms with van der Waals surface area (Å²) in [5, 5.41) is 1.95. The Balaban J connectivity index is 1.56. The second-order valence-electron chi connectivity index (χ2n) is 6.45. The fourth-order valence-electron chi connectivity index (χ4n) is 3.73. The third kappa shape index (κ3) is 2.26. The van der Waals surface area contributed by atoms with Crippen LogP contribution in [-0.2, 0) is 11.3 Å². The van der Waals surface area contributed by atoms with Gasteiger partial charge in [-0.25, -0.2) is 9.78 Å². The van der Waals surface area contributed by atoms with Crippen molar-refractivity contribution in [3.63, 3.8) is 0 Å². The van der Waals surface area contributed by atoms with Crippen molar-refractivity contribution in [2.24, 2.45) is 0 Å². The van der Waals surface area contributed by atoms with Crippen molar-refractivity contribution in [1.82, 2.24) is 14.8 Å². The van der Waals surface area contributed by atoms with Crippen molar-refractivity contribution in [2.45, 2.75) is 44.2 Å². The predicted molar refractivity (Wildman–Crippen MR) is 89.3 cm³/mol. The molecule has 7 heteroatoms. The van der Waals surface area contributed by atoms with Crippen LogP contribution in [0.2, 0.25) is 0 Å². The number of amides is 3. The van der Waals surface area contributed by atoms with Gasteiger partial charge in [-0.3, -0.25) is 9.69 Å². The molecule has 1 aliphatic heterocycles. The van der Waals surface area contributed by atoms with Gasteiger partial charge in [0.2, 0.25) is 5.89 Å². The highest BCUT2D eigenvalue weighted by atomic mass is 32.1. The second kappa shape index (κ2) is 5.73. The Bertz CT molecular complexity index is 762. The van der Waals surface area contributed by atoms with E-state index in [2.05, 4.69) is 4.98 Å². The maximum Gasteiger partial charge on any atom is 0.327 e. The quantitative estimate of drug-likeness (QED) is 0.799. The summed E-state index contributed by atoms with van der Waals surface area (Å²) >= 11 is 1.54. The minimum absolute atomic E-state index is 0.0876. The third-order valence-electron chi connectivity index (χ3n) is 5.09. The first-order chi connectivity index (χ1) is 11.6. The molecule has 3 amide bonds. The van der Waals surface area contributed by atoms with Gasteiger partial charge in [0.15, 0.2) is 0 Å². The summed E-state index contributed by atoms with van der Waals surface area (Å²) in [4.78, 5) is 33.9. The molecule has 2 aromatic rings. The monoisotopic (exact) mass is 345 g/mol. The molecule has 1 spiro atoms. The molecule has 0 aromatic carbocycles. The van der Waals surface area contributed by atoms with Gasteiger partial charge in [0.05, 0.1) is 17.1 Å². The summed E-state index contributed by atoms with van der Waals surface area (Å²) in [6.45, 7) is 0.165. The van der Waals surface area contributed by atoms with Crippen LogP contribution in [0.5, 0.6) is 0 Å². The summed E-state index contributed by atoms with van der Waals surface area (Å²) in [7, 11) is 1.74. The number of rotatable bonds is 3. The van der Waals surface area contributed by atoms with Gasteiger partial charge in [-0.1, -0.05) is 25.3 Å². The molecule has 1 saturated carbocycles. The highest BCUT2D eigenvalue weighted by Crippen LogP contribution is 2.40. The molecular weight excluding hydrogens is 326 g/mol. The maximum absolute atomic E-state index is 13.0. The van der Waals surface area contributed by atoms with Gasteiger partial charge < -0.3 is 9.32 Å². The molecule has 0 radical (unpaired) electrons. The Morgan fingerprint density at radius 1 is 1.29 bits per heavy atom. The topological polar surface area (TPSA) is 66.7 Å². The van der Waals surface area contributed by atoms with Gasteiger partial charge in [-0.05, 0) is 24.3 Å². The second-order valence-corrected chi connectivity index (χ2v) is 7.39. The molecule has 1 aliphatic carbocycles. The van der Waals surface area contributed by atoms with Crippen LogP contribution in [0.4, 0.5) is 4.79 Å². The average Bonchev–Trinajstić information content (AvgIpc) is 3.32. The number of oxazole rings is 1. The summed E-state index contributed by atoms with van der Waals surface area (Å²) in [5.41, 5.74) is -0.0447. The van der Waals surface area contributed by atoms with E-state index in [1.54, 1.807) is 11.9 Å². The van der Waals surface area contributed by atoms with E-state index in [9.17, 15) is 9.59 Å². The Hall–Kier alpha value is -2.15. The molecule has 2 aromatic heterocycles.